The minimum absolute atomic E-state index is 0.639. The Morgan fingerprint density at radius 3 is 3.19 bits per heavy atom. The molecule has 3 rings (SSSR count). The van der Waals surface area contributed by atoms with Crippen molar-refractivity contribution in [3.05, 3.63) is 29.7 Å². The van der Waals surface area contributed by atoms with Gasteiger partial charge in [-0.1, -0.05) is 6.92 Å². The molecule has 0 fully saturated rings. The SMILES string of the molecule is CCC1CCc2c1nc1c(OC)cccn21. The zero-order valence-corrected chi connectivity index (χ0v) is 9.73. The molecule has 0 saturated carbocycles. The first-order chi connectivity index (χ1) is 7.85. The topological polar surface area (TPSA) is 26.5 Å². The van der Waals surface area contributed by atoms with Gasteiger partial charge in [-0.15, -0.1) is 0 Å². The standard InChI is InChI=1S/C13H16N2O/c1-3-9-6-7-10-12(9)14-13-11(16-2)5-4-8-15(10)13/h4-5,8-9H,3,6-7H2,1-2H3. The van der Waals surface area contributed by atoms with Crippen molar-refractivity contribution in [3.63, 3.8) is 0 Å². The molecule has 0 spiro atoms. The zero-order chi connectivity index (χ0) is 11.1. The number of hydrogen-bond donors (Lipinski definition) is 0. The first kappa shape index (κ1) is 9.70. The molecule has 3 nitrogen and oxygen atoms in total. The van der Waals surface area contributed by atoms with Crippen LogP contribution in [0, 0.1) is 0 Å². The monoisotopic (exact) mass is 216 g/mol. The highest BCUT2D eigenvalue weighted by atomic mass is 16.5. The highest BCUT2D eigenvalue weighted by Gasteiger charge is 2.27. The van der Waals surface area contributed by atoms with Crippen LogP contribution in [0.3, 0.4) is 0 Å². The Labute approximate surface area is 95.1 Å². The molecule has 1 atom stereocenters. The molecule has 84 valence electrons. The van der Waals surface area contributed by atoms with Gasteiger partial charge in [-0.25, -0.2) is 4.98 Å². The average molecular weight is 216 g/mol. The van der Waals surface area contributed by atoms with Gasteiger partial charge < -0.3 is 9.14 Å². The second-order valence-electron chi connectivity index (χ2n) is 4.36. The summed E-state index contributed by atoms with van der Waals surface area (Å²) in [5.41, 5.74) is 3.63. The second-order valence-corrected chi connectivity index (χ2v) is 4.36. The van der Waals surface area contributed by atoms with Gasteiger partial charge in [-0.05, 0) is 31.4 Å². The van der Waals surface area contributed by atoms with E-state index in [-0.39, 0.29) is 0 Å². The number of aromatic nitrogens is 2. The maximum Gasteiger partial charge on any atom is 0.180 e. The van der Waals surface area contributed by atoms with Gasteiger partial charge in [0, 0.05) is 17.8 Å². The van der Waals surface area contributed by atoms with Gasteiger partial charge >= 0.3 is 0 Å². The van der Waals surface area contributed by atoms with E-state index in [4.69, 9.17) is 9.72 Å². The third-order valence-electron chi connectivity index (χ3n) is 3.57. The number of aryl methyl sites for hydroxylation is 1. The number of imidazole rings is 1. The number of fused-ring (bicyclic) bond motifs is 3. The summed E-state index contributed by atoms with van der Waals surface area (Å²) in [6, 6.07) is 3.99. The van der Waals surface area contributed by atoms with Crippen LogP contribution in [-0.4, -0.2) is 16.5 Å². The van der Waals surface area contributed by atoms with Crippen molar-refractivity contribution in [1.82, 2.24) is 9.38 Å². The normalized spacial score (nSPS) is 19.0. The van der Waals surface area contributed by atoms with Crippen LogP contribution in [0.2, 0.25) is 0 Å². The Kier molecular flexibility index (Phi) is 2.13. The maximum absolute atomic E-state index is 5.35. The Bertz CT molecular complexity index is 530. The molecule has 0 radical (unpaired) electrons. The molecule has 0 aromatic carbocycles. The molecular formula is C13H16N2O. The molecule has 0 bridgehead atoms. The summed E-state index contributed by atoms with van der Waals surface area (Å²) >= 11 is 0. The fourth-order valence-corrected chi connectivity index (χ4v) is 2.69. The summed E-state index contributed by atoms with van der Waals surface area (Å²) in [7, 11) is 1.70. The van der Waals surface area contributed by atoms with Crippen LogP contribution in [0.1, 0.15) is 37.1 Å². The molecule has 1 aliphatic rings. The summed E-state index contributed by atoms with van der Waals surface area (Å²) in [4.78, 5) is 4.75. The molecule has 2 aromatic heterocycles. The van der Waals surface area contributed by atoms with E-state index < -0.39 is 0 Å². The Hall–Kier alpha value is -1.51. The van der Waals surface area contributed by atoms with Gasteiger partial charge in [-0.2, -0.15) is 0 Å². The largest absolute Gasteiger partial charge is 0.493 e. The van der Waals surface area contributed by atoms with E-state index in [1.807, 2.05) is 12.1 Å². The summed E-state index contributed by atoms with van der Waals surface area (Å²) in [5, 5.41) is 0. The number of ether oxygens (including phenoxy) is 1. The van der Waals surface area contributed by atoms with E-state index in [2.05, 4.69) is 17.5 Å². The van der Waals surface area contributed by atoms with Crippen LogP contribution in [0.15, 0.2) is 18.3 Å². The van der Waals surface area contributed by atoms with E-state index >= 15 is 0 Å². The van der Waals surface area contributed by atoms with E-state index in [9.17, 15) is 0 Å². The molecule has 2 heterocycles. The first-order valence-electron chi connectivity index (χ1n) is 5.89. The molecule has 1 aliphatic carbocycles. The van der Waals surface area contributed by atoms with Gasteiger partial charge in [-0.3, -0.25) is 0 Å². The Morgan fingerprint density at radius 1 is 1.56 bits per heavy atom. The van der Waals surface area contributed by atoms with Crippen molar-refractivity contribution in [3.8, 4) is 5.75 Å². The van der Waals surface area contributed by atoms with Gasteiger partial charge in [0.15, 0.2) is 11.4 Å². The predicted molar refractivity (Wildman–Crippen MR) is 63.1 cm³/mol. The van der Waals surface area contributed by atoms with Gasteiger partial charge in [0.2, 0.25) is 0 Å². The minimum Gasteiger partial charge on any atom is -0.493 e. The molecule has 0 N–H and O–H groups in total. The van der Waals surface area contributed by atoms with Crippen molar-refractivity contribution in [2.24, 2.45) is 0 Å². The lowest BCUT2D eigenvalue weighted by Gasteiger charge is -2.04. The molecule has 0 saturated heterocycles. The van der Waals surface area contributed by atoms with Gasteiger partial charge in [0.05, 0.1) is 12.8 Å². The van der Waals surface area contributed by atoms with Crippen LogP contribution in [0.5, 0.6) is 5.75 Å². The summed E-state index contributed by atoms with van der Waals surface area (Å²) in [6.45, 7) is 2.24. The lowest BCUT2D eigenvalue weighted by atomic mass is 10.1. The molecule has 0 aliphatic heterocycles. The van der Waals surface area contributed by atoms with Crippen molar-refractivity contribution < 1.29 is 4.74 Å². The van der Waals surface area contributed by atoms with Crippen molar-refractivity contribution >= 4 is 5.65 Å². The highest BCUT2D eigenvalue weighted by molar-refractivity contribution is 5.57. The fraction of sp³-hybridized carbons (Fsp3) is 0.462. The third-order valence-corrected chi connectivity index (χ3v) is 3.57. The van der Waals surface area contributed by atoms with Crippen LogP contribution in [-0.2, 0) is 6.42 Å². The van der Waals surface area contributed by atoms with Crippen LogP contribution >= 0.6 is 0 Å². The summed E-state index contributed by atoms with van der Waals surface area (Å²) in [6.07, 6.45) is 5.65. The minimum atomic E-state index is 0.639. The summed E-state index contributed by atoms with van der Waals surface area (Å²) in [5.74, 6) is 1.51. The molecular weight excluding hydrogens is 200 g/mol. The van der Waals surface area contributed by atoms with E-state index in [0.717, 1.165) is 17.8 Å². The number of nitrogens with zero attached hydrogens (tertiary/aromatic N) is 2. The Morgan fingerprint density at radius 2 is 2.44 bits per heavy atom. The van der Waals surface area contributed by atoms with E-state index in [0.29, 0.717) is 5.92 Å². The van der Waals surface area contributed by atoms with Gasteiger partial charge in [0.1, 0.15) is 0 Å². The molecule has 2 aromatic rings. The van der Waals surface area contributed by atoms with Crippen LogP contribution < -0.4 is 4.74 Å². The second kappa shape index (κ2) is 3.51. The lowest BCUT2D eigenvalue weighted by molar-refractivity contribution is 0.416. The Balaban J connectivity index is 2.25. The molecule has 3 heteroatoms. The number of methoxy groups -OCH3 is 1. The van der Waals surface area contributed by atoms with Gasteiger partial charge in [0.25, 0.3) is 0 Å². The summed E-state index contributed by atoms with van der Waals surface area (Å²) < 4.78 is 7.53. The van der Waals surface area contributed by atoms with Crippen molar-refractivity contribution in [2.45, 2.75) is 32.1 Å². The number of hydrogen-bond acceptors (Lipinski definition) is 2. The smallest absolute Gasteiger partial charge is 0.180 e. The average Bonchev–Trinajstić information content (AvgIpc) is 2.86. The van der Waals surface area contributed by atoms with Crippen LogP contribution in [0.25, 0.3) is 5.65 Å². The van der Waals surface area contributed by atoms with Crippen molar-refractivity contribution in [1.29, 1.82) is 0 Å². The maximum atomic E-state index is 5.35. The molecule has 1 unspecified atom stereocenters. The van der Waals surface area contributed by atoms with E-state index in [1.54, 1.807) is 7.11 Å². The van der Waals surface area contributed by atoms with Crippen molar-refractivity contribution in [2.75, 3.05) is 7.11 Å². The number of pyridine rings is 1. The first-order valence-corrected chi connectivity index (χ1v) is 5.89. The molecule has 0 amide bonds. The predicted octanol–water partition coefficient (Wildman–Crippen LogP) is 2.78. The third kappa shape index (κ3) is 1.17. The van der Waals surface area contributed by atoms with Crippen LogP contribution in [0.4, 0.5) is 0 Å². The highest BCUT2D eigenvalue weighted by Crippen LogP contribution is 2.36. The molecule has 16 heavy (non-hydrogen) atoms. The zero-order valence-electron chi connectivity index (χ0n) is 9.73. The number of rotatable bonds is 2. The van der Waals surface area contributed by atoms with E-state index in [1.165, 1.54) is 24.2 Å². The lowest BCUT2D eigenvalue weighted by Crippen LogP contribution is -1.94. The quantitative estimate of drug-likeness (QED) is 0.771. The fourth-order valence-electron chi connectivity index (χ4n) is 2.69.